The van der Waals surface area contributed by atoms with Gasteiger partial charge < -0.3 is 23.4 Å². The molecule has 0 saturated carbocycles. The second-order valence-electron chi connectivity index (χ2n) is 10.5. The van der Waals surface area contributed by atoms with E-state index in [-0.39, 0.29) is 23.2 Å². The zero-order valence-electron chi connectivity index (χ0n) is 23.2. The molecule has 0 unspecified atom stereocenters. The van der Waals surface area contributed by atoms with Gasteiger partial charge >= 0.3 is 5.97 Å². The van der Waals surface area contributed by atoms with Gasteiger partial charge in [-0.2, -0.15) is 0 Å². The van der Waals surface area contributed by atoms with Gasteiger partial charge in [0.15, 0.2) is 6.29 Å². The molecule has 1 fully saturated rings. The highest BCUT2D eigenvalue weighted by molar-refractivity contribution is 6.99. The molecule has 0 aromatic heterocycles. The van der Waals surface area contributed by atoms with E-state index in [1.807, 2.05) is 18.2 Å². The molecular weight excluding hydrogens is 484 g/mol. The van der Waals surface area contributed by atoms with Crippen molar-refractivity contribution >= 4 is 24.7 Å². The van der Waals surface area contributed by atoms with Crippen LogP contribution in [0.15, 0.2) is 72.3 Å². The number of methoxy groups -OCH3 is 2. The van der Waals surface area contributed by atoms with E-state index in [1.54, 1.807) is 28.1 Å². The average Bonchev–Trinajstić information content (AvgIpc) is 2.90. The standard InChI is InChI=1S/C30H42O6Si/c1-8-34-29(31)22(2)19-27(26-20-23(32-6)21-28(33-7)35-26)36-37(30(3,4)5,24-15-11-9-12-16-24)25-17-13-10-14-18-25/h9-19,23,26-28H,8,20-21H2,1-7H3/b22-19+/t23-,26-,27-,28-/m1/s1. The van der Waals surface area contributed by atoms with Crippen LogP contribution < -0.4 is 10.4 Å². The van der Waals surface area contributed by atoms with Gasteiger partial charge in [0, 0.05) is 32.6 Å². The van der Waals surface area contributed by atoms with Crippen LogP contribution in [-0.4, -0.2) is 59.7 Å². The molecule has 3 rings (SSSR count). The van der Waals surface area contributed by atoms with Gasteiger partial charge in [-0.25, -0.2) is 4.79 Å². The van der Waals surface area contributed by atoms with Gasteiger partial charge in [-0.15, -0.1) is 0 Å². The topological polar surface area (TPSA) is 63.2 Å². The Morgan fingerprint density at radius 2 is 1.57 bits per heavy atom. The van der Waals surface area contributed by atoms with Crippen molar-refractivity contribution in [3.63, 3.8) is 0 Å². The summed E-state index contributed by atoms with van der Waals surface area (Å²) in [5.41, 5.74) is 0.488. The Labute approximate surface area is 223 Å². The van der Waals surface area contributed by atoms with Crippen molar-refractivity contribution in [2.24, 2.45) is 0 Å². The highest BCUT2D eigenvalue weighted by atomic mass is 28.4. The van der Waals surface area contributed by atoms with E-state index < -0.39 is 20.7 Å². The first-order valence-corrected chi connectivity index (χ1v) is 14.9. The summed E-state index contributed by atoms with van der Waals surface area (Å²) in [7, 11) is 0.403. The molecule has 2 aromatic rings. The minimum Gasteiger partial charge on any atom is -0.463 e. The van der Waals surface area contributed by atoms with Crippen LogP contribution in [0, 0.1) is 0 Å². The molecule has 1 saturated heterocycles. The van der Waals surface area contributed by atoms with E-state index in [1.165, 1.54) is 0 Å². The third-order valence-electron chi connectivity index (χ3n) is 6.98. The first kappa shape index (κ1) is 29.3. The molecule has 1 aliphatic rings. The SMILES string of the molecule is CCOC(=O)/C(C)=C/[C@@H](O[Si](c1ccccc1)(c1ccccc1)C(C)(C)C)[C@H]1C[C@@H](OC)C[C@H](OC)O1. The number of carbonyl (C=O) groups is 1. The summed E-state index contributed by atoms with van der Waals surface area (Å²) in [5.74, 6) is -0.360. The van der Waals surface area contributed by atoms with Gasteiger partial charge in [0.1, 0.15) is 0 Å². The quantitative estimate of drug-likeness (QED) is 0.256. The summed E-state index contributed by atoms with van der Waals surface area (Å²) < 4.78 is 30.5. The molecule has 0 radical (unpaired) electrons. The normalized spacial score (nSPS) is 21.9. The molecule has 7 heteroatoms. The van der Waals surface area contributed by atoms with Gasteiger partial charge in [0.05, 0.1) is 24.9 Å². The molecule has 6 nitrogen and oxygen atoms in total. The van der Waals surface area contributed by atoms with Crippen LogP contribution >= 0.6 is 0 Å². The van der Waals surface area contributed by atoms with Crippen molar-refractivity contribution in [3.8, 4) is 0 Å². The van der Waals surface area contributed by atoms with Crippen molar-refractivity contribution in [1.29, 1.82) is 0 Å². The maximum Gasteiger partial charge on any atom is 0.333 e. The van der Waals surface area contributed by atoms with Crippen LogP contribution in [0.5, 0.6) is 0 Å². The molecular formula is C30H42O6Si. The molecule has 0 bridgehead atoms. The predicted molar refractivity (Wildman–Crippen MR) is 149 cm³/mol. The molecule has 2 aromatic carbocycles. The second kappa shape index (κ2) is 13.0. The Morgan fingerprint density at radius 1 is 1.00 bits per heavy atom. The summed E-state index contributed by atoms with van der Waals surface area (Å²) in [5, 5.41) is 2.07. The van der Waals surface area contributed by atoms with Crippen LogP contribution in [0.2, 0.25) is 5.04 Å². The third-order valence-corrected chi connectivity index (χ3v) is 12.0. The number of ether oxygens (including phenoxy) is 4. The summed E-state index contributed by atoms with van der Waals surface area (Å²) in [6.45, 7) is 10.6. The number of hydrogen-bond donors (Lipinski definition) is 0. The molecule has 4 atom stereocenters. The summed E-state index contributed by atoms with van der Waals surface area (Å²) in [4.78, 5) is 12.7. The zero-order chi connectivity index (χ0) is 27.1. The lowest BCUT2D eigenvalue weighted by Gasteiger charge is -2.47. The summed E-state index contributed by atoms with van der Waals surface area (Å²) in [6, 6.07) is 20.9. The lowest BCUT2D eigenvalue weighted by atomic mass is 9.99. The van der Waals surface area contributed by atoms with Crippen LogP contribution in [0.25, 0.3) is 0 Å². The lowest BCUT2D eigenvalue weighted by molar-refractivity contribution is -0.220. The van der Waals surface area contributed by atoms with Crippen LogP contribution in [0.1, 0.15) is 47.5 Å². The first-order valence-electron chi connectivity index (χ1n) is 13.0. The number of carbonyl (C=O) groups excluding carboxylic acids is 1. The van der Waals surface area contributed by atoms with Gasteiger partial charge in [-0.05, 0) is 35.3 Å². The monoisotopic (exact) mass is 526 g/mol. The minimum absolute atomic E-state index is 0.0507. The molecule has 1 heterocycles. The van der Waals surface area contributed by atoms with E-state index in [0.717, 1.165) is 10.4 Å². The first-order chi connectivity index (χ1) is 17.7. The van der Waals surface area contributed by atoms with E-state index >= 15 is 0 Å². The summed E-state index contributed by atoms with van der Waals surface area (Å²) >= 11 is 0. The maximum atomic E-state index is 12.7. The van der Waals surface area contributed by atoms with Gasteiger partial charge in [0.25, 0.3) is 8.32 Å². The van der Waals surface area contributed by atoms with Crippen molar-refractivity contribution in [2.75, 3.05) is 20.8 Å². The number of hydrogen-bond acceptors (Lipinski definition) is 6. The van der Waals surface area contributed by atoms with Crippen LogP contribution in [0.4, 0.5) is 0 Å². The Bertz CT molecular complexity index is 966. The second-order valence-corrected chi connectivity index (χ2v) is 14.7. The van der Waals surface area contributed by atoms with E-state index in [9.17, 15) is 4.79 Å². The lowest BCUT2D eigenvalue weighted by Crippen LogP contribution is -2.68. The van der Waals surface area contributed by atoms with Crippen molar-refractivity contribution in [3.05, 3.63) is 72.3 Å². The largest absolute Gasteiger partial charge is 0.463 e. The third kappa shape index (κ3) is 6.78. The maximum absolute atomic E-state index is 12.7. The molecule has 1 aliphatic heterocycles. The Hall–Kier alpha value is -2.29. The molecule has 0 aliphatic carbocycles. The van der Waals surface area contributed by atoms with Crippen molar-refractivity contribution in [2.45, 2.75) is 77.1 Å². The Morgan fingerprint density at radius 3 is 2.03 bits per heavy atom. The average molecular weight is 527 g/mol. The molecule has 202 valence electrons. The highest BCUT2D eigenvalue weighted by Crippen LogP contribution is 2.39. The zero-order valence-corrected chi connectivity index (χ0v) is 24.2. The van der Waals surface area contributed by atoms with E-state index in [4.69, 9.17) is 23.4 Å². The van der Waals surface area contributed by atoms with E-state index in [2.05, 4.69) is 69.3 Å². The fraction of sp³-hybridized carbons (Fsp3) is 0.500. The Kier molecular flexibility index (Phi) is 10.3. The molecule has 37 heavy (non-hydrogen) atoms. The summed E-state index contributed by atoms with van der Waals surface area (Å²) in [6.07, 6.45) is 1.73. The Balaban J connectivity index is 2.20. The van der Waals surface area contributed by atoms with Gasteiger partial charge in [-0.3, -0.25) is 0 Å². The highest BCUT2D eigenvalue weighted by Gasteiger charge is 2.52. The van der Waals surface area contributed by atoms with Crippen molar-refractivity contribution < 1.29 is 28.2 Å². The smallest absolute Gasteiger partial charge is 0.333 e. The molecule has 0 amide bonds. The van der Waals surface area contributed by atoms with Gasteiger partial charge in [0.2, 0.25) is 0 Å². The van der Waals surface area contributed by atoms with Crippen LogP contribution in [0.3, 0.4) is 0 Å². The van der Waals surface area contributed by atoms with Crippen LogP contribution in [-0.2, 0) is 28.2 Å². The predicted octanol–water partition coefficient (Wildman–Crippen LogP) is 4.61. The van der Waals surface area contributed by atoms with E-state index in [0.29, 0.717) is 25.0 Å². The minimum atomic E-state index is -2.94. The fourth-order valence-electron chi connectivity index (χ4n) is 5.10. The number of benzene rings is 2. The number of rotatable bonds is 10. The van der Waals surface area contributed by atoms with Crippen molar-refractivity contribution in [1.82, 2.24) is 0 Å². The molecule has 0 spiro atoms. The number of esters is 1. The fourth-order valence-corrected chi connectivity index (χ4v) is 9.75. The molecule has 0 N–H and O–H groups in total. The van der Waals surface area contributed by atoms with Gasteiger partial charge in [-0.1, -0.05) is 81.4 Å².